The van der Waals surface area contributed by atoms with E-state index in [2.05, 4.69) is 0 Å². The monoisotopic (exact) mass is 229 g/mol. The third-order valence-electron chi connectivity index (χ3n) is 2.07. The Morgan fingerprint density at radius 2 is 2.13 bits per heavy atom. The molecule has 4 heteroatoms. The van der Waals surface area contributed by atoms with Gasteiger partial charge in [-0.3, -0.25) is 0 Å². The van der Waals surface area contributed by atoms with E-state index in [0.717, 1.165) is 5.56 Å². The fourth-order valence-corrected chi connectivity index (χ4v) is 1.98. The molecule has 0 aromatic heterocycles. The highest BCUT2D eigenvalue weighted by Gasteiger charge is 2.09. The van der Waals surface area contributed by atoms with Gasteiger partial charge >= 0.3 is 0 Å². The third kappa shape index (κ3) is 3.48. The number of benzene rings is 1. The molecule has 2 atom stereocenters. The molecule has 3 N–H and O–H groups in total. The molecule has 0 radical (unpaired) electrons. The maximum absolute atomic E-state index is 13.5. The molecule has 84 valence electrons. The van der Waals surface area contributed by atoms with Gasteiger partial charge in [0.05, 0.1) is 6.61 Å². The van der Waals surface area contributed by atoms with Crippen LogP contribution in [0.1, 0.15) is 25.5 Å². The first-order valence-corrected chi connectivity index (χ1v) is 5.75. The Morgan fingerprint density at radius 3 is 2.60 bits per heavy atom. The highest BCUT2D eigenvalue weighted by molar-refractivity contribution is 8.00. The largest absolute Gasteiger partial charge is 0.395 e. The molecule has 0 aliphatic carbocycles. The van der Waals surface area contributed by atoms with E-state index in [-0.39, 0.29) is 23.7 Å². The number of rotatable bonds is 4. The average Bonchev–Trinajstić information content (AvgIpc) is 2.20. The molecule has 0 aliphatic heterocycles. The third-order valence-corrected chi connectivity index (χ3v) is 3.20. The van der Waals surface area contributed by atoms with Gasteiger partial charge in [0.25, 0.3) is 0 Å². The minimum atomic E-state index is -0.268. The number of aliphatic hydroxyl groups excluding tert-OH is 1. The van der Waals surface area contributed by atoms with Crippen LogP contribution >= 0.6 is 11.8 Å². The molecule has 0 bridgehead atoms. The van der Waals surface area contributed by atoms with E-state index in [0.29, 0.717) is 4.90 Å². The Bertz CT molecular complexity index is 330. The van der Waals surface area contributed by atoms with Crippen molar-refractivity contribution < 1.29 is 9.50 Å². The molecule has 0 aliphatic rings. The van der Waals surface area contributed by atoms with Crippen molar-refractivity contribution in [2.45, 2.75) is 30.0 Å². The van der Waals surface area contributed by atoms with Crippen molar-refractivity contribution in [1.29, 1.82) is 0 Å². The Labute approximate surface area is 93.7 Å². The molecule has 2 nitrogen and oxygen atoms in total. The number of hydrogen-bond donors (Lipinski definition) is 2. The van der Waals surface area contributed by atoms with Crippen LogP contribution in [0.2, 0.25) is 0 Å². The van der Waals surface area contributed by atoms with Crippen molar-refractivity contribution in [2.75, 3.05) is 6.61 Å². The summed E-state index contributed by atoms with van der Waals surface area (Å²) in [6, 6.07) is 4.83. The van der Waals surface area contributed by atoms with Gasteiger partial charge in [0.1, 0.15) is 5.82 Å². The van der Waals surface area contributed by atoms with Crippen LogP contribution in [0.3, 0.4) is 0 Å². The van der Waals surface area contributed by atoms with Crippen molar-refractivity contribution in [1.82, 2.24) is 0 Å². The van der Waals surface area contributed by atoms with Crippen LogP contribution in [0.5, 0.6) is 0 Å². The maximum Gasteiger partial charge on any atom is 0.137 e. The summed E-state index contributed by atoms with van der Waals surface area (Å²) in [5.74, 6) is -0.268. The molecule has 0 saturated heterocycles. The van der Waals surface area contributed by atoms with E-state index < -0.39 is 0 Å². The summed E-state index contributed by atoms with van der Waals surface area (Å²) in [5, 5.41) is 8.87. The summed E-state index contributed by atoms with van der Waals surface area (Å²) in [5.41, 5.74) is 6.43. The lowest BCUT2D eigenvalue weighted by Crippen LogP contribution is -2.06. The van der Waals surface area contributed by atoms with Crippen molar-refractivity contribution in [3.05, 3.63) is 29.6 Å². The fourth-order valence-electron chi connectivity index (χ4n) is 1.15. The van der Waals surface area contributed by atoms with E-state index in [9.17, 15) is 4.39 Å². The zero-order chi connectivity index (χ0) is 11.4. The lowest BCUT2D eigenvalue weighted by Gasteiger charge is -2.11. The number of nitrogens with two attached hydrogens (primary N) is 1. The van der Waals surface area contributed by atoms with Crippen LogP contribution in [0.15, 0.2) is 23.1 Å². The number of hydrogen-bond acceptors (Lipinski definition) is 3. The summed E-state index contributed by atoms with van der Waals surface area (Å²) in [6.45, 7) is 3.71. The van der Waals surface area contributed by atoms with Gasteiger partial charge in [-0.1, -0.05) is 13.0 Å². The molecule has 0 amide bonds. The van der Waals surface area contributed by atoms with Crippen LogP contribution in [-0.4, -0.2) is 17.0 Å². The summed E-state index contributed by atoms with van der Waals surface area (Å²) >= 11 is 1.32. The highest BCUT2D eigenvalue weighted by Crippen LogP contribution is 2.27. The second-order valence-corrected chi connectivity index (χ2v) is 5.07. The second-order valence-electron chi connectivity index (χ2n) is 3.59. The SMILES string of the molecule is CC(CO)Sc1ccc([C@@H](C)N)cc1F. The molecule has 1 rings (SSSR count). The molecule has 0 saturated carbocycles. The Kier molecular flexibility index (Phi) is 4.57. The Morgan fingerprint density at radius 1 is 1.47 bits per heavy atom. The molecule has 1 aromatic carbocycles. The van der Waals surface area contributed by atoms with Gasteiger partial charge in [-0.15, -0.1) is 11.8 Å². The molecule has 0 spiro atoms. The lowest BCUT2D eigenvalue weighted by atomic mass is 10.1. The number of thioether (sulfide) groups is 1. The topological polar surface area (TPSA) is 46.2 Å². The van der Waals surface area contributed by atoms with E-state index >= 15 is 0 Å². The van der Waals surface area contributed by atoms with Crippen LogP contribution in [0.25, 0.3) is 0 Å². The summed E-state index contributed by atoms with van der Waals surface area (Å²) in [7, 11) is 0. The first kappa shape index (κ1) is 12.5. The zero-order valence-corrected chi connectivity index (χ0v) is 9.72. The number of aliphatic hydroxyl groups is 1. The van der Waals surface area contributed by atoms with Gasteiger partial charge in [0.15, 0.2) is 0 Å². The molecule has 0 fully saturated rings. The Hall–Kier alpha value is -0.580. The van der Waals surface area contributed by atoms with E-state index in [1.54, 1.807) is 6.07 Å². The van der Waals surface area contributed by atoms with Gasteiger partial charge in [-0.05, 0) is 24.6 Å². The van der Waals surface area contributed by atoms with Gasteiger partial charge < -0.3 is 10.8 Å². The van der Waals surface area contributed by atoms with Crippen molar-refractivity contribution in [2.24, 2.45) is 5.73 Å². The first-order chi connectivity index (χ1) is 7.04. The minimum absolute atomic E-state index is 0.000602. The molecule has 15 heavy (non-hydrogen) atoms. The van der Waals surface area contributed by atoms with Crippen molar-refractivity contribution >= 4 is 11.8 Å². The molecule has 1 unspecified atom stereocenters. The van der Waals surface area contributed by atoms with Crippen LogP contribution in [-0.2, 0) is 0 Å². The highest BCUT2D eigenvalue weighted by atomic mass is 32.2. The predicted octanol–water partition coefficient (Wildman–Crippen LogP) is 2.32. The first-order valence-electron chi connectivity index (χ1n) is 4.87. The minimum Gasteiger partial charge on any atom is -0.395 e. The average molecular weight is 229 g/mol. The predicted molar refractivity (Wildman–Crippen MR) is 61.4 cm³/mol. The van der Waals surface area contributed by atoms with Crippen LogP contribution < -0.4 is 5.73 Å². The summed E-state index contributed by atoms with van der Waals surface area (Å²) < 4.78 is 13.5. The van der Waals surface area contributed by atoms with Gasteiger partial charge in [0.2, 0.25) is 0 Å². The standard InChI is InChI=1S/C11H16FNOS/c1-7(6-14)15-11-4-3-9(8(2)13)5-10(11)12/h3-5,7-8,14H,6,13H2,1-2H3/t7?,8-/m1/s1. The maximum atomic E-state index is 13.5. The van der Waals surface area contributed by atoms with E-state index in [1.165, 1.54) is 17.8 Å². The molecular formula is C11H16FNOS. The normalized spacial score (nSPS) is 15.0. The summed E-state index contributed by atoms with van der Waals surface area (Å²) in [4.78, 5) is 0.556. The quantitative estimate of drug-likeness (QED) is 0.779. The van der Waals surface area contributed by atoms with E-state index in [4.69, 9.17) is 10.8 Å². The van der Waals surface area contributed by atoms with Crippen LogP contribution in [0.4, 0.5) is 4.39 Å². The smallest absolute Gasteiger partial charge is 0.137 e. The molecular weight excluding hydrogens is 213 g/mol. The van der Waals surface area contributed by atoms with Crippen molar-refractivity contribution in [3.63, 3.8) is 0 Å². The lowest BCUT2D eigenvalue weighted by molar-refractivity contribution is 0.300. The zero-order valence-electron chi connectivity index (χ0n) is 8.90. The fraction of sp³-hybridized carbons (Fsp3) is 0.455. The van der Waals surface area contributed by atoms with Crippen LogP contribution in [0, 0.1) is 5.82 Å². The molecule has 0 heterocycles. The second kappa shape index (κ2) is 5.49. The van der Waals surface area contributed by atoms with Crippen molar-refractivity contribution in [3.8, 4) is 0 Å². The van der Waals surface area contributed by atoms with Gasteiger partial charge in [-0.25, -0.2) is 4.39 Å². The Balaban J connectivity index is 2.83. The van der Waals surface area contributed by atoms with Gasteiger partial charge in [-0.2, -0.15) is 0 Å². The van der Waals surface area contributed by atoms with Gasteiger partial charge in [0, 0.05) is 16.2 Å². The molecule has 1 aromatic rings. The number of halogens is 1. The van der Waals surface area contributed by atoms with E-state index in [1.807, 2.05) is 19.9 Å². The summed E-state index contributed by atoms with van der Waals surface area (Å²) in [6.07, 6.45) is 0.